The van der Waals surface area contributed by atoms with Crippen LogP contribution >= 0.6 is 0 Å². The van der Waals surface area contributed by atoms with Crippen LogP contribution in [0.2, 0.25) is 0 Å². The van der Waals surface area contributed by atoms with Crippen molar-refractivity contribution in [3.63, 3.8) is 0 Å². The topological polar surface area (TPSA) is 55.4 Å². The second-order valence-corrected chi connectivity index (χ2v) is 7.82. The SMILES string of the molecule is CCOc1ccc(C(=O)Nc2cccc(CS(=O)c3ccccc3)c2)cc1C. The molecule has 0 spiro atoms. The third-order valence-electron chi connectivity index (χ3n) is 4.23. The van der Waals surface area contributed by atoms with Gasteiger partial charge in [-0.3, -0.25) is 9.00 Å². The Balaban J connectivity index is 1.69. The number of hydrogen-bond acceptors (Lipinski definition) is 3. The Labute approximate surface area is 168 Å². The highest BCUT2D eigenvalue weighted by Gasteiger charge is 2.10. The summed E-state index contributed by atoms with van der Waals surface area (Å²) in [5, 5.41) is 2.91. The highest BCUT2D eigenvalue weighted by molar-refractivity contribution is 7.84. The van der Waals surface area contributed by atoms with Crippen LogP contribution in [0.4, 0.5) is 5.69 Å². The number of rotatable bonds is 7. The first kappa shape index (κ1) is 19.8. The van der Waals surface area contributed by atoms with Crippen LogP contribution in [0.3, 0.4) is 0 Å². The minimum Gasteiger partial charge on any atom is -0.494 e. The lowest BCUT2D eigenvalue weighted by Crippen LogP contribution is -2.12. The van der Waals surface area contributed by atoms with Crippen LogP contribution in [0.1, 0.15) is 28.4 Å². The molecular weight excluding hydrogens is 370 g/mol. The van der Waals surface area contributed by atoms with Gasteiger partial charge >= 0.3 is 0 Å². The van der Waals surface area contributed by atoms with Crippen molar-refractivity contribution >= 4 is 22.4 Å². The fraction of sp³-hybridized carbons (Fsp3) is 0.174. The molecule has 0 aliphatic carbocycles. The second-order valence-electron chi connectivity index (χ2n) is 6.37. The van der Waals surface area contributed by atoms with Gasteiger partial charge in [-0.15, -0.1) is 0 Å². The van der Waals surface area contributed by atoms with E-state index >= 15 is 0 Å². The molecule has 0 saturated carbocycles. The number of carbonyl (C=O) groups excluding carboxylic acids is 1. The van der Waals surface area contributed by atoms with E-state index in [9.17, 15) is 9.00 Å². The Hall–Kier alpha value is -2.92. The number of anilines is 1. The first-order valence-electron chi connectivity index (χ1n) is 9.14. The monoisotopic (exact) mass is 393 g/mol. The molecule has 0 aromatic heterocycles. The number of amides is 1. The van der Waals surface area contributed by atoms with Crippen molar-refractivity contribution < 1.29 is 13.7 Å². The maximum atomic E-state index is 12.6. The molecule has 3 aromatic rings. The summed E-state index contributed by atoms with van der Waals surface area (Å²) in [6, 6.07) is 22.2. The molecule has 1 unspecified atom stereocenters. The molecule has 0 heterocycles. The van der Waals surface area contributed by atoms with Crippen LogP contribution < -0.4 is 10.1 Å². The van der Waals surface area contributed by atoms with E-state index in [4.69, 9.17) is 4.74 Å². The predicted octanol–water partition coefficient (Wildman–Crippen LogP) is 4.95. The lowest BCUT2D eigenvalue weighted by molar-refractivity contribution is 0.102. The predicted molar refractivity (Wildman–Crippen MR) is 113 cm³/mol. The maximum absolute atomic E-state index is 12.6. The van der Waals surface area contributed by atoms with Gasteiger partial charge < -0.3 is 10.1 Å². The zero-order valence-electron chi connectivity index (χ0n) is 16.0. The van der Waals surface area contributed by atoms with Crippen molar-refractivity contribution in [2.75, 3.05) is 11.9 Å². The summed E-state index contributed by atoms with van der Waals surface area (Å²) in [5.41, 5.74) is 3.07. The summed E-state index contributed by atoms with van der Waals surface area (Å²) in [5.74, 6) is 0.993. The summed E-state index contributed by atoms with van der Waals surface area (Å²) in [4.78, 5) is 13.4. The van der Waals surface area contributed by atoms with Crippen molar-refractivity contribution in [3.05, 3.63) is 89.5 Å². The molecule has 3 rings (SSSR count). The number of nitrogens with one attached hydrogen (secondary N) is 1. The van der Waals surface area contributed by atoms with Gasteiger partial charge in [0.1, 0.15) is 5.75 Å². The summed E-state index contributed by atoms with van der Waals surface area (Å²) < 4.78 is 18.0. The first-order chi connectivity index (χ1) is 13.6. The minimum atomic E-state index is -1.13. The molecule has 3 aromatic carbocycles. The van der Waals surface area contributed by atoms with Crippen molar-refractivity contribution in [2.24, 2.45) is 0 Å². The lowest BCUT2D eigenvalue weighted by atomic mass is 10.1. The summed E-state index contributed by atoms with van der Waals surface area (Å²) in [6.45, 7) is 4.43. The third kappa shape index (κ3) is 5.08. The molecule has 1 N–H and O–H groups in total. The molecule has 5 heteroatoms. The van der Waals surface area contributed by atoms with Crippen molar-refractivity contribution in [2.45, 2.75) is 24.5 Å². The second kappa shape index (κ2) is 9.33. The van der Waals surface area contributed by atoms with Crippen LogP contribution in [-0.4, -0.2) is 16.7 Å². The molecule has 0 bridgehead atoms. The number of hydrogen-bond donors (Lipinski definition) is 1. The molecule has 0 radical (unpaired) electrons. The third-order valence-corrected chi connectivity index (χ3v) is 5.62. The van der Waals surface area contributed by atoms with Crippen molar-refractivity contribution in [3.8, 4) is 5.75 Å². The highest BCUT2D eigenvalue weighted by Crippen LogP contribution is 2.21. The van der Waals surface area contributed by atoms with Crippen LogP contribution in [0.15, 0.2) is 77.7 Å². The Morgan fingerprint density at radius 3 is 2.50 bits per heavy atom. The van der Waals surface area contributed by atoms with Crippen LogP contribution in [0.25, 0.3) is 0 Å². The summed E-state index contributed by atoms with van der Waals surface area (Å²) in [6.07, 6.45) is 0. The van der Waals surface area contributed by atoms with E-state index in [0.29, 0.717) is 23.6 Å². The van der Waals surface area contributed by atoms with Crippen molar-refractivity contribution in [1.29, 1.82) is 0 Å². The fourth-order valence-corrected chi connectivity index (χ4v) is 3.97. The molecular formula is C23H23NO3S. The van der Waals surface area contributed by atoms with Gasteiger partial charge in [-0.25, -0.2) is 0 Å². The number of ether oxygens (including phenoxy) is 1. The van der Waals surface area contributed by atoms with E-state index in [1.165, 1.54) is 0 Å². The van der Waals surface area contributed by atoms with Crippen molar-refractivity contribution in [1.82, 2.24) is 0 Å². The van der Waals surface area contributed by atoms with Crippen LogP contribution in [0, 0.1) is 6.92 Å². The number of aryl methyl sites for hydroxylation is 1. The molecule has 1 amide bonds. The van der Waals surface area contributed by atoms with Gasteiger partial charge in [0, 0.05) is 16.1 Å². The molecule has 1 atom stereocenters. The zero-order valence-corrected chi connectivity index (χ0v) is 16.8. The Bertz CT molecular complexity index is 986. The number of benzene rings is 3. The standard InChI is InChI=1S/C23H23NO3S/c1-3-27-22-13-12-19(14-17(22)2)23(25)24-20-9-7-8-18(15-20)16-28(26)21-10-5-4-6-11-21/h4-15H,3,16H2,1-2H3,(H,24,25). The van der Waals surface area contributed by atoms with E-state index in [2.05, 4.69) is 5.32 Å². The van der Waals surface area contributed by atoms with Crippen LogP contribution in [0.5, 0.6) is 5.75 Å². The van der Waals surface area contributed by atoms with E-state index < -0.39 is 10.8 Å². The highest BCUT2D eigenvalue weighted by atomic mass is 32.2. The molecule has 0 aliphatic heterocycles. The molecule has 0 saturated heterocycles. The van der Waals surface area contributed by atoms with Gasteiger partial charge in [-0.1, -0.05) is 30.3 Å². The average molecular weight is 394 g/mol. The largest absolute Gasteiger partial charge is 0.494 e. The molecule has 4 nitrogen and oxygen atoms in total. The average Bonchev–Trinajstić information content (AvgIpc) is 2.70. The Morgan fingerprint density at radius 2 is 1.79 bits per heavy atom. The first-order valence-corrected chi connectivity index (χ1v) is 10.5. The fourth-order valence-electron chi connectivity index (χ4n) is 2.86. The van der Waals surface area contributed by atoms with Gasteiger partial charge in [0.25, 0.3) is 5.91 Å². The van der Waals surface area contributed by atoms with E-state index in [1.807, 2.05) is 80.6 Å². The lowest BCUT2D eigenvalue weighted by Gasteiger charge is -2.10. The summed E-state index contributed by atoms with van der Waals surface area (Å²) in [7, 11) is -1.13. The van der Waals surface area contributed by atoms with E-state index in [1.54, 1.807) is 6.07 Å². The van der Waals surface area contributed by atoms with E-state index in [0.717, 1.165) is 21.8 Å². The minimum absolute atomic E-state index is 0.188. The van der Waals surface area contributed by atoms with Gasteiger partial charge in [-0.2, -0.15) is 0 Å². The molecule has 0 fully saturated rings. The normalized spacial score (nSPS) is 11.6. The zero-order chi connectivity index (χ0) is 19.9. The van der Waals surface area contributed by atoms with Gasteiger partial charge in [0.05, 0.1) is 23.2 Å². The number of carbonyl (C=O) groups is 1. The maximum Gasteiger partial charge on any atom is 0.255 e. The molecule has 28 heavy (non-hydrogen) atoms. The van der Waals surface area contributed by atoms with Crippen LogP contribution in [-0.2, 0) is 16.6 Å². The summed E-state index contributed by atoms with van der Waals surface area (Å²) >= 11 is 0. The smallest absolute Gasteiger partial charge is 0.255 e. The Kier molecular flexibility index (Phi) is 6.61. The Morgan fingerprint density at radius 1 is 1.00 bits per heavy atom. The van der Waals surface area contributed by atoms with Gasteiger partial charge in [0.2, 0.25) is 0 Å². The van der Waals surface area contributed by atoms with E-state index in [-0.39, 0.29) is 5.91 Å². The quantitative estimate of drug-likeness (QED) is 0.618. The van der Waals surface area contributed by atoms with Gasteiger partial charge in [-0.05, 0) is 67.4 Å². The molecule has 144 valence electrons. The van der Waals surface area contributed by atoms with Gasteiger partial charge in [0.15, 0.2) is 0 Å². The molecule has 0 aliphatic rings.